The van der Waals surface area contributed by atoms with Crippen LogP contribution in [0.5, 0.6) is 5.75 Å². The molecule has 3 aromatic rings. The summed E-state index contributed by atoms with van der Waals surface area (Å²) in [5.41, 5.74) is 1.20. The third-order valence-corrected chi connectivity index (χ3v) is 7.18. The molecule has 0 saturated carbocycles. The molecule has 0 aliphatic heterocycles. The van der Waals surface area contributed by atoms with Crippen LogP contribution in [0.2, 0.25) is 0 Å². The highest BCUT2D eigenvalue weighted by Gasteiger charge is 2.22. The number of ketones is 1. The fraction of sp³-hybridized carbons (Fsp3) is 0.200. The number of amides is 1. The summed E-state index contributed by atoms with van der Waals surface area (Å²) in [6.45, 7) is 3.29. The predicted octanol–water partition coefficient (Wildman–Crippen LogP) is 4.10. The number of hydrogen-bond acceptors (Lipinski definition) is 5. The van der Waals surface area contributed by atoms with E-state index in [1.807, 2.05) is 0 Å². The van der Waals surface area contributed by atoms with Crippen molar-refractivity contribution < 1.29 is 27.1 Å². The first kappa shape index (κ1) is 25.1. The number of hydrogen-bond donors (Lipinski definition) is 1. The average molecular weight is 485 g/mol. The van der Waals surface area contributed by atoms with E-state index in [-0.39, 0.29) is 23.3 Å². The highest BCUT2D eigenvalue weighted by molar-refractivity contribution is 7.89. The van der Waals surface area contributed by atoms with Crippen LogP contribution in [0.4, 0.5) is 10.1 Å². The number of rotatable bonds is 9. The Morgan fingerprint density at radius 3 is 1.97 bits per heavy atom. The molecule has 0 heterocycles. The van der Waals surface area contributed by atoms with Crippen LogP contribution in [0.1, 0.15) is 29.8 Å². The van der Waals surface area contributed by atoms with Gasteiger partial charge in [-0.2, -0.15) is 4.31 Å². The molecule has 0 fully saturated rings. The minimum Gasteiger partial charge on any atom is -0.484 e. The van der Waals surface area contributed by atoms with Crippen LogP contribution < -0.4 is 10.1 Å². The van der Waals surface area contributed by atoms with E-state index < -0.39 is 21.7 Å². The Bertz CT molecular complexity index is 1260. The van der Waals surface area contributed by atoms with Crippen molar-refractivity contribution in [1.82, 2.24) is 4.31 Å². The first-order valence-corrected chi connectivity index (χ1v) is 11.9. The maximum Gasteiger partial charge on any atom is 0.262 e. The predicted molar refractivity (Wildman–Crippen MR) is 127 cm³/mol. The maximum atomic E-state index is 13.0. The monoisotopic (exact) mass is 484 g/mol. The van der Waals surface area contributed by atoms with Crippen molar-refractivity contribution in [3.8, 4) is 5.75 Å². The van der Waals surface area contributed by atoms with Crippen molar-refractivity contribution in [2.75, 3.05) is 19.0 Å². The molecule has 0 aromatic heterocycles. The third-order valence-electron chi connectivity index (χ3n) is 5.14. The number of anilines is 1. The van der Waals surface area contributed by atoms with Crippen LogP contribution in [-0.4, -0.2) is 44.1 Å². The number of carbonyl (C=O) groups is 2. The molecule has 9 heteroatoms. The van der Waals surface area contributed by atoms with Gasteiger partial charge < -0.3 is 10.1 Å². The van der Waals surface area contributed by atoms with Gasteiger partial charge in [-0.1, -0.05) is 0 Å². The molecule has 3 aromatic carbocycles. The molecular weight excluding hydrogens is 459 g/mol. The van der Waals surface area contributed by atoms with Gasteiger partial charge in [-0.25, -0.2) is 12.8 Å². The lowest BCUT2D eigenvalue weighted by Gasteiger charge is -2.21. The molecule has 0 aliphatic carbocycles. The van der Waals surface area contributed by atoms with E-state index in [9.17, 15) is 22.4 Å². The Morgan fingerprint density at radius 2 is 1.44 bits per heavy atom. The molecule has 3 rings (SSSR count). The summed E-state index contributed by atoms with van der Waals surface area (Å²) in [4.78, 5) is 24.8. The second-order valence-electron chi connectivity index (χ2n) is 7.84. The zero-order valence-electron chi connectivity index (χ0n) is 19.0. The standard InChI is InChI=1S/C25H25FN2O5S/c1-17(2)28(3)34(31,32)23-14-10-21(11-15-23)27-24(29)16-33-22-12-6-19(7-13-22)25(30)18-4-8-20(26)9-5-18/h4-15,17H,16H2,1-3H3,(H,27,29). The Morgan fingerprint density at radius 1 is 0.912 bits per heavy atom. The van der Waals surface area contributed by atoms with Crippen LogP contribution >= 0.6 is 0 Å². The topological polar surface area (TPSA) is 92.8 Å². The van der Waals surface area contributed by atoms with E-state index in [1.165, 1.54) is 59.9 Å². The minimum atomic E-state index is -3.60. The number of halogens is 1. The molecule has 34 heavy (non-hydrogen) atoms. The first-order valence-electron chi connectivity index (χ1n) is 10.5. The van der Waals surface area contributed by atoms with Crippen LogP contribution in [0.25, 0.3) is 0 Å². The molecule has 0 bridgehead atoms. The lowest BCUT2D eigenvalue weighted by molar-refractivity contribution is -0.118. The lowest BCUT2D eigenvalue weighted by Crippen LogP contribution is -2.33. The number of ether oxygens (including phenoxy) is 1. The van der Waals surface area contributed by atoms with Crippen molar-refractivity contribution in [3.63, 3.8) is 0 Å². The number of nitrogens with zero attached hydrogens (tertiary/aromatic N) is 1. The van der Waals surface area contributed by atoms with E-state index in [0.29, 0.717) is 22.6 Å². The van der Waals surface area contributed by atoms with E-state index >= 15 is 0 Å². The Balaban J connectivity index is 1.55. The minimum absolute atomic E-state index is 0.133. The van der Waals surface area contributed by atoms with Crippen molar-refractivity contribution in [3.05, 3.63) is 89.7 Å². The number of carbonyl (C=O) groups excluding carboxylic acids is 2. The Kier molecular flexibility index (Phi) is 7.80. The zero-order valence-corrected chi connectivity index (χ0v) is 19.8. The maximum absolute atomic E-state index is 13.0. The normalized spacial score (nSPS) is 11.5. The van der Waals surface area contributed by atoms with Gasteiger partial charge in [-0.05, 0) is 86.6 Å². The third kappa shape index (κ3) is 6.06. The van der Waals surface area contributed by atoms with Crippen LogP contribution in [0.15, 0.2) is 77.7 Å². The summed E-state index contributed by atoms with van der Waals surface area (Å²) in [6.07, 6.45) is 0. The number of nitrogens with one attached hydrogen (secondary N) is 1. The molecule has 0 spiro atoms. The van der Waals surface area contributed by atoms with E-state index in [1.54, 1.807) is 38.1 Å². The van der Waals surface area contributed by atoms with Crippen molar-refractivity contribution in [2.45, 2.75) is 24.8 Å². The molecule has 0 atom stereocenters. The first-order chi connectivity index (χ1) is 16.1. The summed E-state index contributed by atoms with van der Waals surface area (Å²) in [5, 5.41) is 2.64. The quantitative estimate of drug-likeness (QED) is 0.462. The SMILES string of the molecule is CC(C)N(C)S(=O)(=O)c1ccc(NC(=O)COc2ccc(C(=O)c3ccc(F)cc3)cc2)cc1. The zero-order chi connectivity index (χ0) is 24.9. The molecule has 0 aliphatic rings. The van der Waals surface area contributed by atoms with E-state index in [4.69, 9.17) is 4.74 Å². The fourth-order valence-corrected chi connectivity index (χ4v) is 4.34. The summed E-state index contributed by atoms with van der Waals surface area (Å²) in [5.74, 6) is -0.710. The van der Waals surface area contributed by atoms with Gasteiger partial charge in [-0.15, -0.1) is 0 Å². The summed E-state index contributed by atoms with van der Waals surface area (Å²) in [7, 11) is -2.09. The largest absolute Gasteiger partial charge is 0.484 e. The van der Waals surface area contributed by atoms with Crippen molar-refractivity contribution in [1.29, 1.82) is 0 Å². The van der Waals surface area contributed by atoms with E-state index in [0.717, 1.165) is 0 Å². The smallest absolute Gasteiger partial charge is 0.262 e. The summed E-state index contributed by atoms with van der Waals surface area (Å²) in [6, 6.07) is 17.2. The van der Waals surface area contributed by atoms with Gasteiger partial charge in [0.05, 0.1) is 4.90 Å². The van der Waals surface area contributed by atoms with Crippen LogP contribution in [0, 0.1) is 5.82 Å². The molecule has 1 amide bonds. The second-order valence-corrected chi connectivity index (χ2v) is 9.83. The Hall–Kier alpha value is -3.56. The molecule has 0 radical (unpaired) electrons. The highest BCUT2D eigenvalue weighted by atomic mass is 32.2. The van der Waals surface area contributed by atoms with E-state index in [2.05, 4.69) is 5.32 Å². The van der Waals surface area contributed by atoms with Gasteiger partial charge in [0.15, 0.2) is 12.4 Å². The second kappa shape index (κ2) is 10.6. The van der Waals surface area contributed by atoms with Gasteiger partial charge in [0, 0.05) is 29.9 Å². The highest BCUT2D eigenvalue weighted by Crippen LogP contribution is 2.19. The van der Waals surface area contributed by atoms with Gasteiger partial charge in [0.2, 0.25) is 10.0 Å². The van der Waals surface area contributed by atoms with Crippen molar-refractivity contribution in [2.24, 2.45) is 0 Å². The fourth-order valence-electron chi connectivity index (χ4n) is 2.97. The molecule has 7 nitrogen and oxygen atoms in total. The van der Waals surface area contributed by atoms with Gasteiger partial charge in [-0.3, -0.25) is 9.59 Å². The number of sulfonamides is 1. The molecule has 0 unspecified atom stereocenters. The molecule has 1 N–H and O–H groups in total. The average Bonchev–Trinajstić information content (AvgIpc) is 2.83. The summed E-state index contributed by atoms with van der Waals surface area (Å²) >= 11 is 0. The molecule has 178 valence electrons. The van der Waals surface area contributed by atoms with Gasteiger partial charge in [0.25, 0.3) is 5.91 Å². The molecular formula is C25H25FN2O5S. The van der Waals surface area contributed by atoms with Crippen molar-refractivity contribution >= 4 is 27.4 Å². The summed E-state index contributed by atoms with van der Waals surface area (Å²) < 4.78 is 44.8. The lowest BCUT2D eigenvalue weighted by atomic mass is 10.0. The molecule has 0 saturated heterocycles. The Labute approximate surface area is 198 Å². The number of benzene rings is 3. The van der Waals surface area contributed by atoms with Gasteiger partial charge >= 0.3 is 0 Å². The van der Waals surface area contributed by atoms with Crippen LogP contribution in [0.3, 0.4) is 0 Å². The van der Waals surface area contributed by atoms with Gasteiger partial charge in [0.1, 0.15) is 11.6 Å². The van der Waals surface area contributed by atoms with Crippen LogP contribution in [-0.2, 0) is 14.8 Å².